The molecule has 0 atom stereocenters. The van der Waals surface area contributed by atoms with E-state index in [1.54, 1.807) is 6.07 Å². The van der Waals surface area contributed by atoms with E-state index >= 15 is 0 Å². The van der Waals surface area contributed by atoms with Crippen LogP contribution in [0.5, 0.6) is 0 Å². The fourth-order valence-electron chi connectivity index (χ4n) is 2.82. The smallest absolute Gasteiger partial charge is 0.227 e. The molecule has 1 amide bonds. The van der Waals surface area contributed by atoms with Crippen LogP contribution in [0.1, 0.15) is 5.56 Å². The number of carbonyl (C=O) groups excluding carboxylic acids is 1. The minimum atomic E-state index is 0.174. The molecule has 23 heavy (non-hydrogen) atoms. The Morgan fingerprint density at radius 2 is 1.61 bits per heavy atom. The first-order valence-electron chi connectivity index (χ1n) is 7.66. The summed E-state index contributed by atoms with van der Waals surface area (Å²) in [4.78, 5) is 16.5. The molecule has 0 spiro atoms. The van der Waals surface area contributed by atoms with Gasteiger partial charge in [-0.15, -0.1) is 0 Å². The van der Waals surface area contributed by atoms with Crippen molar-refractivity contribution in [2.75, 3.05) is 31.1 Å². The summed E-state index contributed by atoms with van der Waals surface area (Å²) in [5, 5.41) is 1.14. The van der Waals surface area contributed by atoms with Gasteiger partial charge in [0.2, 0.25) is 5.91 Å². The van der Waals surface area contributed by atoms with E-state index in [1.807, 2.05) is 47.4 Å². The van der Waals surface area contributed by atoms with Crippen molar-refractivity contribution in [2.24, 2.45) is 0 Å². The molecule has 3 rings (SSSR count). The van der Waals surface area contributed by atoms with E-state index in [0.29, 0.717) is 29.6 Å². The van der Waals surface area contributed by atoms with Crippen LogP contribution in [-0.4, -0.2) is 37.0 Å². The fraction of sp³-hybridized carbons (Fsp3) is 0.278. The zero-order valence-corrected chi connectivity index (χ0v) is 14.2. The molecule has 0 N–H and O–H groups in total. The normalized spacial score (nSPS) is 14.9. The first-order chi connectivity index (χ1) is 11.1. The van der Waals surface area contributed by atoms with E-state index in [9.17, 15) is 4.79 Å². The molecule has 0 saturated carbocycles. The molecular weight excluding hydrogens is 331 g/mol. The van der Waals surface area contributed by atoms with Crippen LogP contribution in [0.4, 0.5) is 5.69 Å². The van der Waals surface area contributed by atoms with Gasteiger partial charge in [0.25, 0.3) is 0 Å². The number of rotatable bonds is 3. The number of carbonyl (C=O) groups is 1. The standard InChI is InChI=1S/C18H18Cl2N2O/c19-15-7-4-8-16(18(15)20)21-9-11-22(12-10-21)17(23)13-14-5-2-1-3-6-14/h1-8H,9-13H2. The molecule has 120 valence electrons. The molecule has 5 heteroatoms. The van der Waals surface area contributed by atoms with Crippen molar-refractivity contribution < 1.29 is 4.79 Å². The quantitative estimate of drug-likeness (QED) is 0.840. The number of benzene rings is 2. The van der Waals surface area contributed by atoms with Crippen molar-refractivity contribution in [3.05, 3.63) is 64.1 Å². The van der Waals surface area contributed by atoms with Gasteiger partial charge in [-0.1, -0.05) is 59.6 Å². The molecule has 2 aromatic rings. The minimum absolute atomic E-state index is 0.174. The lowest BCUT2D eigenvalue weighted by Crippen LogP contribution is -2.49. The molecule has 1 fully saturated rings. The van der Waals surface area contributed by atoms with E-state index in [4.69, 9.17) is 23.2 Å². The summed E-state index contributed by atoms with van der Waals surface area (Å²) in [7, 11) is 0. The highest BCUT2D eigenvalue weighted by Gasteiger charge is 2.22. The fourth-order valence-corrected chi connectivity index (χ4v) is 3.23. The van der Waals surface area contributed by atoms with Crippen LogP contribution in [0.3, 0.4) is 0 Å². The van der Waals surface area contributed by atoms with Gasteiger partial charge in [0.05, 0.1) is 22.2 Å². The monoisotopic (exact) mass is 348 g/mol. The number of anilines is 1. The molecule has 0 aromatic heterocycles. The predicted molar refractivity (Wildman–Crippen MR) is 95.4 cm³/mol. The Labute approximate surface area is 146 Å². The zero-order chi connectivity index (χ0) is 16.2. The van der Waals surface area contributed by atoms with Gasteiger partial charge in [-0.3, -0.25) is 4.79 Å². The van der Waals surface area contributed by atoms with Crippen LogP contribution >= 0.6 is 23.2 Å². The summed E-state index contributed by atoms with van der Waals surface area (Å²) in [6, 6.07) is 15.5. The summed E-state index contributed by atoms with van der Waals surface area (Å²) >= 11 is 12.4. The highest BCUT2D eigenvalue weighted by molar-refractivity contribution is 6.43. The van der Waals surface area contributed by atoms with E-state index in [-0.39, 0.29) is 5.91 Å². The molecule has 0 bridgehead atoms. The molecule has 1 saturated heterocycles. The third kappa shape index (κ3) is 3.80. The predicted octanol–water partition coefficient (Wildman–Crippen LogP) is 3.88. The third-order valence-corrected chi connectivity index (χ3v) is 4.91. The lowest BCUT2D eigenvalue weighted by atomic mass is 10.1. The molecule has 1 aliphatic heterocycles. The molecule has 1 aliphatic rings. The van der Waals surface area contributed by atoms with Gasteiger partial charge >= 0.3 is 0 Å². The lowest BCUT2D eigenvalue weighted by molar-refractivity contribution is -0.130. The molecule has 3 nitrogen and oxygen atoms in total. The van der Waals surface area contributed by atoms with Gasteiger partial charge in [0.1, 0.15) is 0 Å². The van der Waals surface area contributed by atoms with E-state index in [1.165, 1.54) is 0 Å². The topological polar surface area (TPSA) is 23.6 Å². The second-order valence-corrected chi connectivity index (χ2v) is 6.39. The second-order valence-electron chi connectivity index (χ2n) is 5.60. The highest BCUT2D eigenvalue weighted by Crippen LogP contribution is 2.32. The Hall–Kier alpha value is -1.71. The number of nitrogens with zero attached hydrogens (tertiary/aromatic N) is 2. The first-order valence-corrected chi connectivity index (χ1v) is 8.41. The van der Waals surface area contributed by atoms with Gasteiger partial charge in [-0.2, -0.15) is 0 Å². The van der Waals surface area contributed by atoms with Gasteiger partial charge < -0.3 is 9.80 Å². The van der Waals surface area contributed by atoms with Crippen molar-refractivity contribution >= 4 is 34.8 Å². The zero-order valence-electron chi connectivity index (χ0n) is 12.7. The van der Waals surface area contributed by atoms with Crippen molar-refractivity contribution in [3.63, 3.8) is 0 Å². The first kappa shape index (κ1) is 16.2. The maximum absolute atomic E-state index is 12.4. The average molecular weight is 349 g/mol. The van der Waals surface area contributed by atoms with Gasteiger partial charge in [-0.25, -0.2) is 0 Å². The largest absolute Gasteiger partial charge is 0.367 e. The van der Waals surface area contributed by atoms with E-state index in [2.05, 4.69) is 4.90 Å². The van der Waals surface area contributed by atoms with Crippen molar-refractivity contribution in [3.8, 4) is 0 Å². The highest BCUT2D eigenvalue weighted by atomic mass is 35.5. The maximum Gasteiger partial charge on any atom is 0.227 e. The Bertz CT molecular complexity index is 683. The number of amides is 1. The van der Waals surface area contributed by atoms with Gasteiger partial charge in [0.15, 0.2) is 0 Å². The molecular formula is C18H18Cl2N2O. The molecule has 0 aliphatic carbocycles. The maximum atomic E-state index is 12.4. The van der Waals surface area contributed by atoms with Crippen LogP contribution in [0.25, 0.3) is 0 Å². The Morgan fingerprint density at radius 3 is 2.30 bits per heavy atom. The summed E-state index contributed by atoms with van der Waals surface area (Å²) in [6.07, 6.45) is 0.457. The van der Waals surface area contributed by atoms with Crippen LogP contribution in [0.2, 0.25) is 10.0 Å². The average Bonchev–Trinajstić information content (AvgIpc) is 2.58. The van der Waals surface area contributed by atoms with Crippen LogP contribution in [0, 0.1) is 0 Å². The molecule has 2 aromatic carbocycles. The number of piperazine rings is 1. The van der Waals surface area contributed by atoms with Crippen molar-refractivity contribution in [1.29, 1.82) is 0 Å². The SMILES string of the molecule is O=C(Cc1ccccc1)N1CCN(c2cccc(Cl)c2Cl)CC1. The second kappa shape index (κ2) is 7.24. The number of hydrogen-bond acceptors (Lipinski definition) is 2. The number of halogens is 2. The summed E-state index contributed by atoms with van der Waals surface area (Å²) in [6.45, 7) is 2.93. The Balaban J connectivity index is 1.60. The number of hydrogen-bond donors (Lipinski definition) is 0. The van der Waals surface area contributed by atoms with Gasteiger partial charge in [-0.05, 0) is 17.7 Å². The lowest BCUT2D eigenvalue weighted by Gasteiger charge is -2.36. The van der Waals surface area contributed by atoms with Crippen LogP contribution in [-0.2, 0) is 11.2 Å². The van der Waals surface area contributed by atoms with Crippen molar-refractivity contribution in [2.45, 2.75) is 6.42 Å². The van der Waals surface area contributed by atoms with E-state index in [0.717, 1.165) is 24.3 Å². The van der Waals surface area contributed by atoms with E-state index < -0.39 is 0 Å². The summed E-state index contributed by atoms with van der Waals surface area (Å²) in [5.41, 5.74) is 1.99. The van der Waals surface area contributed by atoms with Crippen molar-refractivity contribution in [1.82, 2.24) is 4.90 Å². The Morgan fingerprint density at radius 1 is 0.913 bits per heavy atom. The molecule has 0 unspecified atom stereocenters. The molecule has 1 heterocycles. The third-order valence-electron chi connectivity index (χ3n) is 4.10. The summed E-state index contributed by atoms with van der Waals surface area (Å²) in [5.74, 6) is 0.174. The van der Waals surface area contributed by atoms with Gasteiger partial charge in [0, 0.05) is 26.2 Å². The van der Waals surface area contributed by atoms with Crippen LogP contribution < -0.4 is 4.90 Å². The minimum Gasteiger partial charge on any atom is -0.367 e. The molecule has 0 radical (unpaired) electrons. The summed E-state index contributed by atoms with van der Waals surface area (Å²) < 4.78 is 0. The Kier molecular flexibility index (Phi) is 5.09. The van der Waals surface area contributed by atoms with Crippen LogP contribution in [0.15, 0.2) is 48.5 Å².